The van der Waals surface area contributed by atoms with Crippen LogP contribution in [0.5, 0.6) is 0 Å². The van der Waals surface area contributed by atoms with Crippen LogP contribution in [0.3, 0.4) is 0 Å². The van der Waals surface area contributed by atoms with Crippen molar-refractivity contribution < 1.29 is 14.7 Å². The molecule has 3 atom stereocenters. The van der Waals surface area contributed by atoms with Crippen molar-refractivity contribution in [2.45, 2.75) is 51.1 Å². The van der Waals surface area contributed by atoms with E-state index >= 15 is 0 Å². The zero-order chi connectivity index (χ0) is 13.1. The van der Waals surface area contributed by atoms with Gasteiger partial charge in [0.1, 0.15) is 6.04 Å². The fourth-order valence-corrected chi connectivity index (χ4v) is 3.44. The first kappa shape index (κ1) is 13.3. The van der Waals surface area contributed by atoms with Crippen molar-refractivity contribution in [2.75, 3.05) is 13.1 Å². The summed E-state index contributed by atoms with van der Waals surface area (Å²) < 4.78 is 0. The summed E-state index contributed by atoms with van der Waals surface area (Å²) in [4.78, 5) is 24.9. The van der Waals surface area contributed by atoms with Gasteiger partial charge in [-0.25, -0.2) is 0 Å². The second-order valence-electron chi connectivity index (χ2n) is 5.33. The second-order valence-corrected chi connectivity index (χ2v) is 5.33. The Balaban J connectivity index is 2.06. The molecule has 1 aliphatic carbocycles. The third-order valence-electron chi connectivity index (χ3n) is 4.21. The molecule has 0 aromatic carbocycles. The third kappa shape index (κ3) is 2.66. The van der Waals surface area contributed by atoms with Gasteiger partial charge in [0.15, 0.2) is 0 Å². The highest BCUT2D eigenvalue weighted by Gasteiger charge is 2.45. The molecule has 0 aromatic heterocycles. The van der Waals surface area contributed by atoms with Crippen LogP contribution in [0, 0.1) is 5.92 Å². The van der Waals surface area contributed by atoms with Gasteiger partial charge >= 0.3 is 5.97 Å². The van der Waals surface area contributed by atoms with Crippen LogP contribution in [0.4, 0.5) is 0 Å². The predicted molar refractivity (Wildman–Crippen MR) is 67.2 cm³/mol. The molecule has 1 saturated carbocycles. The van der Waals surface area contributed by atoms with Gasteiger partial charge in [-0.3, -0.25) is 14.5 Å². The van der Waals surface area contributed by atoms with Gasteiger partial charge in [0, 0.05) is 12.6 Å². The minimum atomic E-state index is -0.784. The fraction of sp³-hybridized carbons (Fsp3) is 0.846. The molecule has 102 valence electrons. The van der Waals surface area contributed by atoms with Gasteiger partial charge in [-0.2, -0.15) is 0 Å². The SMILES string of the molecule is CCNC(=O)CN1C(C(=O)O)CC2CCCCC21. The number of aliphatic carboxylic acids is 1. The number of nitrogens with zero attached hydrogens (tertiary/aromatic N) is 1. The molecule has 1 saturated heterocycles. The van der Waals surface area contributed by atoms with Gasteiger partial charge in [0.25, 0.3) is 0 Å². The van der Waals surface area contributed by atoms with E-state index < -0.39 is 12.0 Å². The maximum absolute atomic E-state index is 11.7. The maximum Gasteiger partial charge on any atom is 0.320 e. The largest absolute Gasteiger partial charge is 0.480 e. The normalized spacial score (nSPS) is 31.9. The molecular weight excluding hydrogens is 232 g/mol. The third-order valence-corrected chi connectivity index (χ3v) is 4.21. The Morgan fingerprint density at radius 3 is 2.72 bits per heavy atom. The number of amides is 1. The van der Waals surface area contributed by atoms with Gasteiger partial charge in [-0.15, -0.1) is 0 Å². The number of hydrogen-bond donors (Lipinski definition) is 2. The summed E-state index contributed by atoms with van der Waals surface area (Å²) in [5, 5.41) is 12.1. The van der Waals surface area contributed by atoms with E-state index in [9.17, 15) is 14.7 Å². The van der Waals surface area contributed by atoms with E-state index in [0.717, 1.165) is 19.3 Å². The molecule has 1 heterocycles. The van der Waals surface area contributed by atoms with Crippen molar-refractivity contribution in [3.63, 3.8) is 0 Å². The molecule has 2 fully saturated rings. The van der Waals surface area contributed by atoms with Crippen LogP contribution in [0.1, 0.15) is 39.0 Å². The van der Waals surface area contributed by atoms with E-state index in [2.05, 4.69) is 5.32 Å². The van der Waals surface area contributed by atoms with Crippen molar-refractivity contribution in [1.29, 1.82) is 0 Å². The van der Waals surface area contributed by atoms with E-state index in [1.54, 1.807) is 0 Å². The van der Waals surface area contributed by atoms with Crippen LogP contribution in [0.2, 0.25) is 0 Å². The average Bonchev–Trinajstić information content (AvgIpc) is 2.69. The quantitative estimate of drug-likeness (QED) is 0.780. The number of likely N-dealkylation sites (N-methyl/N-ethyl adjacent to an activating group) is 1. The zero-order valence-corrected chi connectivity index (χ0v) is 10.9. The molecule has 2 N–H and O–H groups in total. The van der Waals surface area contributed by atoms with Crippen molar-refractivity contribution in [3.05, 3.63) is 0 Å². The first-order chi connectivity index (χ1) is 8.63. The minimum absolute atomic E-state index is 0.0602. The van der Waals surface area contributed by atoms with Crippen LogP contribution < -0.4 is 5.32 Å². The lowest BCUT2D eigenvalue weighted by molar-refractivity contribution is -0.143. The predicted octanol–water partition coefficient (Wildman–Crippen LogP) is 0.840. The Bertz CT molecular complexity index is 332. The lowest BCUT2D eigenvalue weighted by atomic mass is 9.85. The topological polar surface area (TPSA) is 69.6 Å². The second kappa shape index (κ2) is 5.69. The summed E-state index contributed by atoms with van der Waals surface area (Å²) in [6.45, 7) is 2.70. The molecule has 5 nitrogen and oxygen atoms in total. The minimum Gasteiger partial charge on any atom is -0.480 e. The molecule has 0 radical (unpaired) electrons. The summed E-state index contributed by atoms with van der Waals surface area (Å²) in [6.07, 6.45) is 5.20. The van der Waals surface area contributed by atoms with E-state index in [0.29, 0.717) is 24.9 Å². The lowest BCUT2D eigenvalue weighted by Crippen LogP contribution is -2.47. The van der Waals surface area contributed by atoms with Crippen molar-refractivity contribution >= 4 is 11.9 Å². The Hall–Kier alpha value is -1.10. The van der Waals surface area contributed by atoms with Crippen molar-refractivity contribution in [3.8, 4) is 0 Å². The molecule has 0 aromatic rings. The summed E-state index contributed by atoms with van der Waals surface area (Å²) in [5.74, 6) is -0.377. The molecule has 0 spiro atoms. The molecule has 0 bridgehead atoms. The van der Waals surface area contributed by atoms with Crippen LogP contribution >= 0.6 is 0 Å². The smallest absolute Gasteiger partial charge is 0.320 e. The molecule has 2 aliphatic rings. The molecule has 3 unspecified atom stereocenters. The van der Waals surface area contributed by atoms with Crippen LogP contribution in [0.15, 0.2) is 0 Å². The molecule has 5 heteroatoms. The molecule has 1 aliphatic heterocycles. The van der Waals surface area contributed by atoms with Crippen molar-refractivity contribution in [1.82, 2.24) is 10.2 Å². The number of carboxylic acid groups (broad SMARTS) is 1. The number of rotatable bonds is 4. The van der Waals surface area contributed by atoms with Gasteiger partial charge in [0.05, 0.1) is 6.54 Å². The van der Waals surface area contributed by atoms with Crippen LogP contribution in [-0.2, 0) is 9.59 Å². The number of carbonyl (C=O) groups excluding carboxylic acids is 1. The zero-order valence-electron chi connectivity index (χ0n) is 10.9. The standard InChI is InChI=1S/C13H22N2O3/c1-2-14-12(16)8-15-10-6-4-3-5-9(10)7-11(15)13(17)18/h9-11H,2-8H2,1H3,(H,14,16)(H,17,18). The summed E-state index contributed by atoms with van der Waals surface area (Å²) in [7, 11) is 0. The number of carboxylic acids is 1. The number of fused-ring (bicyclic) bond motifs is 1. The number of carbonyl (C=O) groups is 2. The summed E-state index contributed by atoms with van der Waals surface area (Å²) >= 11 is 0. The van der Waals surface area contributed by atoms with Crippen LogP contribution in [-0.4, -0.2) is 47.1 Å². The first-order valence-electron chi connectivity index (χ1n) is 6.88. The summed E-state index contributed by atoms with van der Waals surface area (Å²) in [6, 6.07) is -0.178. The first-order valence-corrected chi connectivity index (χ1v) is 6.88. The Kier molecular flexibility index (Phi) is 4.22. The van der Waals surface area contributed by atoms with Gasteiger partial charge in [-0.1, -0.05) is 12.8 Å². The Morgan fingerprint density at radius 2 is 2.06 bits per heavy atom. The van der Waals surface area contributed by atoms with Gasteiger partial charge < -0.3 is 10.4 Å². The monoisotopic (exact) mass is 254 g/mol. The molecule has 2 rings (SSSR count). The summed E-state index contributed by atoms with van der Waals surface area (Å²) in [5.41, 5.74) is 0. The average molecular weight is 254 g/mol. The fourth-order valence-electron chi connectivity index (χ4n) is 3.44. The number of likely N-dealkylation sites (tertiary alicyclic amines) is 1. The van der Waals surface area contributed by atoms with E-state index in [4.69, 9.17) is 0 Å². The maximum atomic E-state index is 11.7. The molecule has 18 heavy (non-hydrogen) atoms. The molecule has 1 amide bonds. The highest BCUT2D eigenvalue weighted by molar-refractivity contribution is 5.80. The Morgan fingerprint density at radius 1 is 1.33 bits per heavy atom. The number of hydrogen-bond acceptors (Lipinski definition) is 3. The van der Waals surface area contributed by atoms with Gasteiger partial charge in [-0.05, 0) is 32.1 Å². The highest BCUT2D eigenvalue weighted by atomic mass is 16.4. The van der Waals surface area contributed by atoms with E-state index in [-0.39, 0.29) is 12.5 Å². The Labute approximate surface area is 108 Å². The van der Waals surface area contributed by atoms with E-state index in [1.807, 2.05) is 11.8 Å². The highest BCUT2D eigenvalue weighted by Crippen LogP contribution is 2.39. The van der Waals surface area contributed by atoms with E-state index in [1.165, 1.54) is 6.42 Å². The van der Waals surface area contributed by atoms with Crippen molar-refractivity contribution in [2.24, 2.45) is 5.92 Å². The van der Waals surface area contributed by atoms with Crippen LogP contribution in [0.25, 0.3) is 0 Å². The number of nitrogens with one attached hydrogen (secondary N) is 1. The lowest BCUT2D eigenvalue weighted by Gasteiger charge is -2.32. The van der Waals surface area contributed by atoms with Gasteiger partial charge in [0.2, 0.25) is 5.91 Å². The molecular formula is C13H22N2O3.